The average Bonchev–Trinajstić information content (AvgIpc) is 3.17. The van der Waals surface area contributed by atoms with Crippen LogP contribution in [0, 0.1) is 0 Å². The van der Waals surface area contributed by atoms with Crippen molar-refractivity contribution in [3.8, 4) is 5.69 Å². The molecule has 0 spiro atoms. The Bertz CT molecular complexity index is 801. The predicted molar refractivity (Wildman–Crippen MR) is 94.3 cm³/mol. The van der Waals surface area contributed by atoms with Crippen LogP contribution in [0.3, 0.4) is 0 Å². The lowest BCUT2D eigenvalue weighted by atomic mass is 10.0. The van der Waals surface area contributed by atoms with E-state index in [0.29, 0.717) is 12.0 Å². The lowest BCUT2D eigenvalue weighted by Gasteiger charge is -2.18. The molecule has 0 fully saturated rings. The number of nitrogens with zero attached hydrogens (tertiary/aromatic N) is 3. The quantitative estimate of drug-likeness (QED) is 0.725. The second-order valence-corrected chi connectivity index (χ2v) is 5.92. The molecule has 2 unspecified atom stereocenters. The monoisotopic (exact) mass is 336 g/mol. The van der Waals surface area contributed by atoms with Crippen molar-refractivity contribution in [3.63, 3.8) is 0 Å². The number of aliphatic hydroxyl groups excluding tert-OH is 1. The molecule has 6 heteroatoms. The van der Waals surface area contributed by atoms with Crippen LogP contribution in [0.5, 0.6) is 0 Å². The van der Waals surface area contributed by atoms with Crippen LogP contribution in [0.1, 0.15) is 35.4 Å². The first-order chi connectivity index (χ1) is 12.1. The molecule has 3 aromatic rings. The van der Waals surface area contributed by atoms with Crippen molar-refractivity contribution in [2.45, 2.75) is 25.5 Å². The van der Waals surface area contributed by atoms with Crippen LogP contribution in [0.4, 0.5) is 0 Å². The van der Waals surface area contributed by atoms with Gasteiger partial charge >= 0.3 is 0 Å². The highest BCUT2D eigenvalue weighted by Crippen LogP contribution is 2.18. The minimum atomic E-state index is -0.605. The van der Waals surface area contributed by atoms with E-state index in [1.807, 2.05) is 49.4 Å². The van der Waals surface area contributed by atoms with E-state index < -0.39 is 6.10 Å². The molecule has 1 aromatic heterocycles. The first-order valence-electron chi connectivity index (χ1n) is 8.12. The number of hydrogen-bond donors (Lipinski definition) is 2. The number of aromatic nitrogens is 3. The van der Waals surface area contributed by atoms with Crippen LogP contribution in [-0.4, -0.2) is 31.8 Å². The third kappa shape index (κ3) is 4.30. The fourth-order valence-electron chi connectivity index (χ4n) is 2.62. The van der Waals surface area contributed by atoms with E-state index in [4.69, 9.17) is 0 Å². The standard InChI is InChI=1S/C19H20N4O2/c1-14(11-18(24)15-5-3-2-4-6-15)22-19(25)16-7-9-17(10-8-16)23-13-20-12-21-23/h2-10,12-14,18,24H,11H2,1H3,(H,22,25). The van der Waals surface area contributed by atoms with Crippen molar-refractivity contribution in [1.29, 1.82) is 0 Å². The summed E-state index contributed by atoms with van der Waals surface area (Å²) in [6.07, 6.45) is 2.90. The molecule has 1 heterocycles. The van der Waals surface area contributed by atoms with Gasteiger partial charge in [-0.2, -0.15) is 5.10 Å². The third-order valence-electron chi connectivity index (χ3n) is 3.95. The number of carbonyl (C=O) groups excluding carboxylic acids is 1. The number of amides is 1. The Balaban J connectivity index is 1.58. The van der Waals surface area contributed by atoms with Gasteiger partial charge in [-0.1, -0.05) is 30.3 Å². The van der Waals surface area contributed by atoms with Gasteiger partial charge in [0.05, 0.1) is 11.8 Å². The van der Waals surface area contributed by atoms with Crippen LogP contribution in [0.25, 0.3) is 5.69 Å². The number of hydrogen-bond acceptors (Lipinski definition) is 4. The number of rotatable bonds is 6. The Hall–Kier alpha value is -2.99. The van der Waals surface area contributed by atoms with E-state index in [-0.39, 0.29) is 11.9 Å². The first kappa shape index (κ1) is 16.9. The van der Waals surface area contributed by atoms with Crippen molar-refractivity contribution in [3.05, 3.63) is 78.4 Å². The Morgan fingerprint density at radius 2 is 1.88 bits per heavy atom. The molecule has 6 nitrogen and oxygen atoms in total. The summed E-state index contributed by atoms with van der Waals surface area (Å²) in [5, 5.41) is 17.2. The van der Waals surface area contributed by atoms with Crippen LogP contribution < -0.4 is 5.32 Å². The molecular formula is C19H20N4O2. The molecule has 0 saturated carbocycles. The second-order valence-electron chi connectivity index (χ2n) is 5.92. The number of nitrogens with one attached hydrogen (secondary N) is 1. The number of carbonyl (C=O) groups is 1. The Morgan fingerprint density at radius 3 is 2.52 bits per heavy atom. The minimum absolute atomic E-state index is 0.155. The van der Waals surface area contributed by atoms with Gasteiger partial charge in [-0.15, -0.1) is 0 Å². The first-order valence-corrected chi connectivity index (χ1v) is 8.12. The highest BCUT2D eigenvalue weighted by Gasteiger charge is 2.15. The summed E-state index contributed by atoms with van der Waals surface area (Å²) in [6.45, 7) is 1.88. The van der Waals surface area contributed by atoms with Gasteiger partial charge in [0.2, 0.25) is 0 Å². The van der Waals surface area contributed by atoms with E-state index >= 15 is 0 Å². The minimum Gasteiger partial charge on any atom is -0.388 e. The van der Waals surface area contributed by atoms with Crippen molar-refractivity contribution in [2.24, 2.45) is 0 Å². The maximum Gasteiger partial charge on any atom is 0.251 e. The second kappa shape index (κ2) is 7.72. The van der Waals surface area contributed by atoms with E-state index in [1.165, 1.54) is 6.33 Å². The van der Waals surface area contributed by atoms with Gasteiger partial charge in [0.15, 0.2) is 0 Å². The van der Waals surface area contributed by atoms with Crippen LogP contribution in [0.2, 0.25) is 0 Å². The van der Waals surface area contributed by atoms with E-state index in [1.54, 1.807) is 23.1 Å². The zero-order valence-electron chi connectivity index (χ0n) is 13.9. The number of aliphatic hydroxyl groups is 1. The van der Waals surface area contributed by atoms with Gasteiger partial charge in [0.25, 0.3) is 5.91 Å². The van der Waals surface area contributed by atoms with Crippen LogP contribution in [-0.2, 0) is 0 Å². The highest BCUT2D eigenvalue weighted by molar-refractivity contribution is 5.94. The normalized spacial score (nSPS) is 13.2. The van der Waals surface area contributed by atoms with Gasteiger partial charge in [-0.3, -0.25) is 4.79 Å². The predicted octanol–water partition coefficient (Wildman–Crippen LogP) is 2.51. The lowest BCUT2D eigenvalue weighted by molar-refractivity contribution is 0.0917. The van der Waals surface area contributed by atoms with Gasteiger partial charge in [-0.05, 0) is 43.2 Å². The Morgan fingerprint density at radius 1 is 1.16 bits per heavy atom. The van der Waals surface area contributed by atoms with Gasteiger partial charge in [0, 0.05) is 11.6 Å². The average molecular weight is 336 g/mol. The summed E-state index contributed by atoms with van der Waals surface area (Å²) < 4.78 is 1.63. The molecule has 0 saturated heterocycles. The van der Waals surface area contributed by atoms with Crippen molar-refractivity contribution >= 4 is 5.91 Å². The van der Waals surface area contributed by atoms with Crippen LogP contribution >= 0.6 is 0 Å². The molecule has 0 bridgehead atoms. The molecule has 2 atom stereocenters. The van der Waals surface area contributed by atoms with Crippen LogP contribution in [0.15, 0.2) is 67.3 Å². The van der Waals surface area contributed by atoms with Crippen molar-refractivity contribution in [1.82, 2.24) is 20.1 Å². The maximum atomic E-state index is 12.3. The number of benzene rings is 2. The third-order valence-corrected chi connectivity index (χ3v) is 3.95. The summed E-state index contributed by atoms with van der Waals surface area (Å²) in [4.78, 5) is 16.2. The fraction of sp³-hybridized carbons (Fsp3) is 0.211. The zero-order valence-corrected chi connectivity index (χ0v) is 13.9. The van der Waals surface area contributed by atoms with Crippen molar-refractivity contribution < 1.29 is 9.90 Å². The summed E-state index contributed by atoms with van der Waals surface area (Å²) >= 11 is 0. The van der Waals surface area contributed by atoms with E-state index in [2.05, 4.69) is 15.4 Å². The zero-order chi connectivity index (χ0) is 17.6. The van der Waals surface area contributed by atoms with Gasteiger partial charge < -0.3 is 10.4 Å². The molecule has 3 rings (SSSR count). The van der Waals surface area contributed by atoms with Gasteiger partial charge in [0.1, 0.15) is 12.7 Å². The largest absolute Gasteiger partial charge is 0.388 e. The molecule has 2 aromatic carbocycles. The molecule has 128 valence electrons. The topological polar surface area (TPSA) is 80.0 Å². The van der Waals surface area contributed by atoms with Crippen molar-refractivity contribution in [2.75, 3.05) is 0 Å². The molecule has 1 amide bonds. The lowest BCUT2D eigenvalue weighted by Crippen LogP contribution is -2.33. The maximum absolute atomic E-state index is 12.3. The molecule has 0 aliphatic heterocycles. The van der Waals surface area contributed by atoms with E-state index in [0.717, 1.165) is 11.3 Å². The molecule has 0 radical (unpaired) electrons. The SMILES string of the molecule is CC(CC(O)c1ccccc1)NC(=O)c1ccc(-n2cncn2)cc1. The van der Waals surface area contributed by atoms with E-state index in [9.17, 15) is 9.90 Å². The molecule has 0 aliphatic carbocycles. The molecule has 0 aliphatic rings. The summed E-state index contributed by atoms with van der Waals surface area (Å²) in [5.41, 5.74) is 2.24. The Labute approximate surface area is 146 Å². The Kier molecular flexibility index (Phi) is 5.20. The smallest absolute Gasteiger partial charge is 0.251 e. The summed E-state index contributed by atoms with van der Waals surface area (Å²) in [7, 11) is 0. The molecule has 25 heavy (non-hydrogen) atoms. The molecular weight excluding hydrogens is 316 g/mol. The van der Waals surface area contributed by atoms with Gasteiger partial charge in [-0.25, -0.2) is 9.67 Å². The molecule has 2 N–H and O–H groups in total. The fourth-order valence-corrected chi connectivity index (χ4v) is 2.62. The summed E-state index contributed by atoms with van der Waals surface area (Å²) in [5.74, 6) is -0.169. The summed E-state index contributed by atoms with van der Waals surface area (Å²) in [6, 6.07) is 16.4. The highest BCUT2D eigenvalue weighted by atomic mass is 16.3.